The van der Waals surface area contributed by atoms with Crippen LogP contribution < -0.4 is 37.9 Å². The van der Waals surface area contributed by atoms with E-state index >= 15 is 0 Å². The molecular weight excluding hydrogens is 520 g/mol. The monoisotopic (exact) mass is 548 g/mol. The SMILES string of the molecule is COc1cc(OC)c(OC)cc1/C=C1/Oc2c(ccc3c2[C@@H](c2ccc(OC)c(OC)c2OC)CC(=O)O3)C1=O. The van der Waals surface area contributed by atoms with Gasteiger partial charge in [-0.2, -0.15) is 0 Å². The molecule has 0 unspecified atom stereocenters. The Hall–Kier alpha value is -4.86. The fourth-order valence-electron chi connectivity index (χ4n) is 5.08. The molecule has 0 radical (unpaired) electrons. The van der Waals surface area contributed by atoms with E-state index in [1.807, 2.05) is 0 Å². The van der Waals surface area contributed by atoms with Gasteiger partial charge in [0.05, 0.1) is 54.6 Å². The van der Waals surface area contributed by atoms with Crippen molar-refractivity contribution in [3.05, 3.63) is 64.4 Å². The molecule has 0 amide bonds. The smallest absolute Gasteiger partial charge is 0.312 e. The molecule has 0 fully saturated rings. The molecule has 2 aliphatic heterocycles. The minimum Gasteiger partial charge on any atom is -0.496 e. The maximum absolute atomic E-state index is 13.5. The van der Waals surface area contributed by atoms with Crippen molar-refractivity contribution in [1.82, 2.24) is 0 Å². The number of carbonyl (C=O) groups is 2. The number of methoxy groups -OCH3 is 6. The first kappa shape index (κ1) is 26.7. The van der Waals surface area contributed by atoms with Gasteiger partial charge >= 0.3 is 5.97 Å². The van der Waals surface area contributed by atoms with Crippen molar-refractivity contribution in [3.63, 3.8) is 0 Å². The minimum absolute atomic E-state index is 0.00457. The fraction of sp³-hybridized carbons (Fsp3) is 0.267. The number of hydrogen-bond donors (Lipinski definition) is 0. The molecule has 208 valence electrons. The maximum atomic E-state index is 13.5. The molecule has 2 heterocycles. The van der Waals surface area contributed by atoms with Crippen LogP contribution in [0.5, 0.6) is 46.0 Å². The fourth-order valence-corrected chi connectivity index (χ4v) is 5.08. The van der Waals surface area contributed by atoms with Crippen molar-refractivity contribution in [2.75, 3.05) is 42.7 Å². The second kappa shape index (κ2) is 10.7. The molecule has 0 saturated heterocycles. The zero-order valence-electron chi connectivity index (χ0n) is 22.9. The molecule has 0 spiro atoms. The first-order valence-corrected chi connectivity index (χ1v) is 12.3. The lowest BCUT2D eigenvalue weighted by Crippen LogP contribution is -2.22. The molecule has 0 aromatic heterocycles. The highest BCUT2D eigenvalue weighted by molar-refractivity contribution is 6.15. The highest BCUT2D eigenvalue weighted by atomic mass is 16.5. The Kier molecular flexibility index (Phi) is 7.17. The summed E-state index contributed by atoms with van der Waals surface area (Å²) < 4.78 is 44.8. The molecule has 0 saturated carbocycles. The van der Waals surface area contributed by atoms with Gasteiger partial charge in [0.15, 0.2) is 28.8 Å². The van der Waals surface area contributed by atoms with E-state index in [4.69, 9.17) is 37.9 Å². The lowest BCUT2D eigenvalue weighted by Gasteiger charge is -2.28. The van der Waals surface area contributed by atoms with Crippen LogP contribution in [0.1, 0.15) is 39.4 Å². The lowest BCUT2D eigenvalue weighted by atomic mass is 9.84. The number of benzene rings is 3. The van der Waals surface area contributed by atoms with Crippen LogP contribution >= 0.6 is 0 Å². The van der Waals surface area contributed by atoms with E-state index in [1.54, 1.807) is 42.5 Å². The standard InChI is InChI=1S/C30H28O10/c1-33-20-10-7-16(29(37-5)30(20)38-6)18-13-25(31)39-19-9-8-17-27(32)24(40-28(17)26(18)19)12-15-11-22(35-3)23(36-4)14-21(15)34-2/h7-12,14,18H,13H2,1-6H3/b24-12+/t18-/m1/s1. The number of allylic oxidation sites excluding steroid dienone is 1. The predicted octanol–water partition coefficient (Wildman–Crippen LogP) is 4.80. The number of fused-ring (bicyclic) bond motifs is 3. The van der Waals surface area contributed by atoms with Crippen LogP contribution in [0, 0.1) is 0 Å². The summed E-state index contributed by atoms with van der Waals surface area (Å²) in [7, 11) is 9.10. The van der Waals surface area contributed by atoms with Gasteiger partial charge in [0.1, 0.15) is 17.2 Å². The highest BCUT2D eigenvalue weighted by Crippen LogP contribution is 2.53. The number of rotatable bonds is 8. The zero-order chi connectivity index (χ0) is 28.6. The number of ether oxygens (including phenoxy) is 8. The molecule has 0 bridgehead atoms. The van der Waals surface area contributed by atoms with Crippen LogP contribution in [0.15, 0.2) is 42.2 Å². The zero-order valence-corrected chi connectivity index (χ0v) is 22.9. The number of carbonyl (C=O) groups excluding carboxylic acids is 2. The van der Waals surface area contributed by atoms with Crippen LogP contribution in [0.25, 0.3) is 6.08 Å². The number of Topliss-reactive ketones (excluding diaryl/α,β-unsaturated/α-hetero) is 1. The summed E-state index contributed by atoms with van der Waals surface area (Å²) in [6, 6.07) is 10.1. The molecule has 2 aliphatic rings. The lowest BCUT2D eigenvalue weighted by molar-refractivity contribution is -0.135. The Morgan fingerprint density at radius 2 is 1.40 bits per heavy atom. The normalized spacial score (nSPS) is 16.4. The van der Waals surface area contributed by atoms with Gasteiger partial charge in [0.2, 0.25) is 11.5 Å². The molecule has 40 heavy (non-hydrogen) atoms. The molecule has 1 atom stereocenters. The molecule has 10 nitrogen and oxygen atoms in total. The quantitative estimate of drug-likeness (QED) is 0.221. The Balaban J connectivity index is 1.64. The second-order valence-corrected chi connectivity index (χ2v) is 8.90. The van der Waals surface area contributed by atoms with E-state index in [2.05, 4.69) is 0 Å². The van der Waals surface area contributed by atoms with Gasteiger partial charge in [-0.3, -0.25) is 9.59 Å². The third-order valence-corrected chi connectivity index (χ3v) is 6.91. The largest absolute Gasteiger partial charge is 0.496 e. The van der Waals surface area contributed by atoms with Gasteiger partial charge in [-0.15, -0.1) is 0 Å². The van der Waals surface area contributed by atoms with E-state index < -0.39 is 11.9 Å². The van der Waals surface area contributed by atoms with Gasteiger partial charge in [-0.1, -0.05) is 6.07 Å². The highest BCUT2D eigenvalue weighted by Gasteiger charge is 2.40. The second-order valence-electron chi connectivity index (χ2n) is 8.90. The van der Waals surface area contributed by atoms with E-state index in [-0.39, 0.29) is 18.0 Å². The van der Waals surface area contributed by atoms with Crippen LogP contribution in [-0.4, -0.2) is 54.4 Å². The summed E-state index contributed by atoms with van der Waals surface area (Å²) in [5.41, 5.74) is 2.10. The molecule has 5 rings (SSSR count). The number of hydrogen-bond acceptors (Lipinski definition) is 10. The Morgan fingerprint density at radius 3 is 2.05 bits per heavy atom. The third-order valence-electron chi connectivity index (χ3n) is 6.91. The van der Waals surface area contributed by atoms with E-state index in [9.17, 15) is 9.59 Å². The van der Waals surface area contributed by atoms with Crippen molar-refractivity contribution in [3.8, 4) is 46.0 Å². The van der Waals surface area contributed by atoms with Gasteiger partial charge in [0, 0.05) is 28.7 Å². The van der Waals surface area contributed by atoms with Crippen LogP contribution in [0.4, 0.5) is 0 Å². The first-order chi connectivity index (χ1) is 19.4. The molecule has 3 aromatic rings. The summed E-state index contributed by atoms with van der Waals surface area (Å²) in [5, 5.41) is 0. The summed E-state index contributed by atoms with van der Waals surface area (Å²) in [4.78, 5) is 26.2. The van der Waals surface area contributed by atoms with Gasteiger partial charge in [-0.25, -0.2) is 0 Å². The minimum atomic E-state index is -0.552. The van der Waals surface area contributed by atoms with E-state index in [0.717, 1.165) is 0 Å². The van der Waals surface area contributed by atoms with Crippen LogP contribution in [0.3, 0.4) is 0 Å². The van der Waals surface area contributed by atoms with Crippen molar-refractivity contribution >= 4 is 17.8 Å². The number of ketones is 1. The van der Waals surface area contributed by atoms with Gasteiger partial charge in [-0.05, 0) is 30.3 Å². The van der Waals surface area contributed by atoms with Crippen molar-refractivity contribution in [1.29, 1.82) is 0 Å². The van der Waals surface area contributed by atoms with Gasteiger partial charge < -0.3 is 37.9 Å². The molecule has 10 heteroatoms. The van der Waals surface area contributed by atoms with Crippen LogP contribution in [0.2, 0.25) is 0 Å². The van der Waals surface area contributed by atoms with E-state index in [1.165, 1.54) is 42.7 Å². The maximum Gasteiger partial charge on any atom is 0.312 e. The Labute approximate surface area is 230 Å². The third kappa shape index (κ3) is 4.31. The van der Waals surface area contributed by atoms with Crippen molar-refractivity contribution in [2.24, 2.45) is 0 Å². The predicted molar refractivity (Wildman–Crippen MR) is 144 cm³/mol. The topological polar surface area (TPSA) is 108 Å². The molecular formula is C30H28O10. The molecule has 0 N–H and O–H groups in total. The summed E-state index contributed by atoms with van der Waals surface area (Å²) in [6.45, 7) is 0. The summed E-state index contributed by atoms with van der Waals surface area (Å²) >= 11 is 0. The average molecular weight is 549 g/mol. The summed E-state index contributed by atoms with van der Waals surface area (Å²) in [5.74, 6) is 2.03. The van der Waals surface area contributed by atoms with Crippen molar-refractivity contribution < 1.29 is 47.5 Å². The van der Waals surface area contributed by atoms with E-state index in [0.29, 0.717) is 68.2 Å². The average Bonchev–Trinajstić information content (AvgIpc) is 3.29. The van der Waals surface area contributed by atoms with Crippen LogP contribution in [-0.2, 0) is 4.79 Å². The first-order valence-electron chi connectivity index (χ1n) is 12.3. The molecule has 0 aliphatic carbocycles. The van der Waals surface area contributed by atoms with Gasteiger partial charge in [0.25, 0.3) is 0 Å². The van der Waals surface area contributed by atoms with Crippen molar-refractivity contribution in [2.45, 2.75) is 12.3 Å². The Morgan fingerprint density at radius 1 is 0.725 bits per heavy atom. The summed E-state index contributed by atoms with van der Waals surface area (Å²) in [6.07, 6.45) is 1.58. The molecule has 3 aromatic carbocycles. The Bertz CT molecular complexity index is 1540. The number of esters is 1.